The highest BCUT2D eigenvalue weighted by Gasteiger charge is 2.36. The van der Waals surface area contributed by atoms with Gasteiger partial charge in [-0.2, -0.15) is 0 Å². The van der Waals surface area contributed by atoms with Crippen LogP contribution in [-0.4, -0.2) is 58.3 Å². The van der Waals surface area contributed by atoms with Crippen molar-refractivity contribution in [3.05, 3.63) is 106 Å². The number of amides is 4. The van der Waals surface area contributed by atoms with Crippen LogP contribution in [-0.2, 0) is 20.8 Å². The molecule has 1 aliphatic rings. The van der Waals surface area contributed by atoms with Gasteiger partial charge in [0.05, 0.1) is 11.6 Å². The summed E-state index contributed by atoms with van der Waals surface area (Å²) in [5.41, 5.74) is 6.21. The number of nitrogens with two attached hydrogens (primary N) is 2. The fourth-order valence-electron chi connectivity index (χ4n) is 4.48. The van der Waals surface area contributed by atoms with Gasteiger partial charge >= 0.3 is 0 Å². The molecule has 4 rings (SSSR count). The number of nitrogens with zero attached hydrogens (tertiary/aromatic N) is 1. The molecule has 6 N–H and O–H groups in total. The van der Waals surface area contributed by atoms with Crippen molar-refractivity contribution in [2.24, 2.45) is 11.6 Å². The Morgan fingerprint density at radius 3 is 1.98 bits per heavy atom. The van der Waals surface area contributed by atoms with E-state index in [4.69, 9.17) is 11.6 Å². The van der Waals surface area contributed by atoms with E-state index in [9.17, 15) is 28.8 Å². The summed E-state index contributed by atoms with van der Waals surface area (Å²) in [5, 5.41) is 5.32. The van der Waals surface area contributed by atoms with Crippen molar-refractivity contribution in [1.29, 1.82) is 0 Å². The van der Waals surface area contributed by atoms with Gasteiger partial charge in [0.1, 0.15) is 12.1 Å². The van der Waals surface area contributed by atoms with Crippen molar-refractivity contribution in [3.8, 4) is 0 Å². The van der Waals surface area contributed by atoms with Gasteiger partial charge in [-0.15, -0.1) is 0 Å². The smallest absolute Gasteiger partial charge is 0.275 e. The lowest BCUT2D eigenvalue weighted by molar-refractivity contribution is -0.135. The Labute approximate surface area is 235 Å². The second-order valence-electron chi connectivity index (χ2n) is 9.72. The molecule has 0 fully saturated rings. The van der Waals surface area contributed by atoms with Crippen molar-refractivity contribution in [2.45, 2.75) is 38.4 Å². The molecule has 3 aromatic rings. The quantitative estimate of drug-likeness (QED) is 0.140. The molecule has 0 radical (unpaired) electrons. The van der Waals surface area contributed by atoms with E-state index in [2.05, 4.69) is 10.6 Å². The summed E-state index contributed by atoms with van der Waals surface area (Å²) in [4.78, 5) is 78.4. The number of rotatable bonds is 8. The first-order valence-corrected chi connectivity index (χ1v) is 12.9. The number of hydrogen-bond acceptors (Lipinski definition) is 8. The fraction of sp³-hybridized carbons (Fsp3) is 0.200. The molecule has 3 atom stereocenters. The van der Waals surface area contributed by atoms with Crippen LogP contribution in [0.15, 0.2) is 72.8 Å². The van der Waals surface area contributed by atoms with E-state index in [0.29, 0.717) is 10.6 Å². The molecule has 41 heavy (non-hydrogen) atoms. The van der Waals surface area contributed by atoms with Crippen molar-refractivity contribution < 1.29 is 28.8 Å². The summed E-state index contributed by atoms with van der Waals surface area (Å²) in [6.07, 6.45) is -0.0297. The minimum atomic E-state index is -1.31. The Morgan fingerprint density at radius 2 is 1.34 bits per heavy atom. The van der Waals surface area contributed by atoms with E-state index in [1.165, 1.54) is 44.2 Å². The molecule has 0 unspecified atom stereocenters. The number of imide groups is 1. The second kappa shape index (κ2) is 12.0. The van der Waals surface area contributed by atoms with Gasteiger partial charge in [0.15, 0.2) is 11.6 Å². The Kier molecular flexibility index (Phi) is 8.51. The summed E-state index contributed by atoms with van der Waals surface area (Å²) in [5.74, 6) is 1.78. The zero-order valence-electron chi connectivity index (χ0n) is 22.4. The third-order valence-electron chi connectivity index (χ3n) is 6.70. The van der Waals surface area contributed by atoms with Crippen LogP contribution in [0.4, 0.5) is 0 Å². The molecule has 3 aromatic carbocycles. The zero-order chi connectivity index (χ0) is 29.8. The van der Waals surface area contributed by atoms with E-state index in [-0.39, 0.29) is 34.2 Å². The van der Waals surface area contributed by atoms with Gasteiger partial charge in [-0.3, -0.25) is 28.8 Å². The summed E-state index contributed by atoms with van der Waals surface area (Å²) < 4.78 is 0. The average molecular weight is 556 g/mol. The molecule has 1 aliphatic carbocycles. The van der Waals surface area contributed by atoms with Gasteiger partial charge < -0.3 is 16.4 Å². The maximum atomic E-state index is 13.6. The Morgan fingerprint density at radius 1 is 0.756 bits per heavy atom. The second-order valence-corrected chi connectivity index (χ2v) is 9.72. The molecular weight excluding hydrogens is 526 g/mol. The summed E-state index contributed by atoms with van der Waals surface area (Å²) >= 11 is 0. The number of ketones is 2. The first-order valence-electron chi connectivity index (χ1n) is 12.9. The van der Waals surface area contributed by atoms with Crippen molar-refractivity contribution in [2.75, 3.05) is 0 Å². The van der Waals surface area contributed by atoms with Gasteiger partial charge in [-0.1, -0.05) is 66.7 Å². The minimum absolute atomic E-state index is 0.0215. The van der Waals surface area contributed by atoms with Crippen molar-refractivity contribution >= 4 is 35.2 Å². The SMILES string of the molecule is C[C@H](N)C(=O)N[C@@H](C)C(=O)N[C@H](Cc1ccccc1)C(=O)N(N)C(=O)c1cccc2c1C(=O)c1ccccc1C2=O. The molecule has 210 valence electrons. The molecule has 0 aromatic heterocycles. The maximum Gasteiger partial charge on any atom is 0.275 e. The van der Waals surface area contributed by atoms with E-state index in [0.717, 1.165) is 0 Å². The number of carbonyl (C=O) groups is 6. The van der Waals surface area contributed by atoms with E-state index in [1.807, 2.05) is 0 Å². The highest BCUT2D eigenvalue weighted by atomic mass is 16.2. The molecule has 11 heteroatoms. The monoisotopic (exact) mass is 555 g/mol. The molecule has 0 saturated carbocycles. The predicted molar refractivity (Wildman–Crippen MR) is 148 cm³/mol. The lowest BCUT2D eigenvalue weighted by Gasteiger charge is -2.26. The molecule has 0 spiro atoms. The van der Waals surface area contributed by atoms with Crippen molar-refractivity contribution in [1.82, 2.24) is 15.6 Å². The van der Waals surface area contributed by atoms with Gasteiger partial charge in [0.25, 0.3) is 11.8 Å². The van der Waals surface area contributed by atoms with Gasteiger partial charge in [0, 0.05) is 28.7 Å². The lowest BCUT2D eigenvalue weighted by Crippen LogP contribution is -2.58. The topological polar surface area (TPSA) is 182 Å². The summed E-state index contributed by atoms with van der Waals surface area (Å²) in [6.45, 7) is 2.88. The number of nitrogens with one attached hydrogen (secondary N) is 2. The van der Waals surface area contributed by atoms with E-state index >= 15 is 0 Å². The Hall–Kier alpha value is -5.00. The van der Waals surface area contributed by atoms with Gasteiger partial charge in [-0.05, 0) is 25.5 Å². The third kappa shape index (κ3) is 5.96. The summed E-state index contributed by atoms with van der Waals surface area (Å²) in [6, 6.07) is 15.9. The van der Waals surface area contributed by atoms with Crippen LogP contribution >= 0.6 is 0 Å². The van der Waals surface area contributed by atoms with Crippen LogP contribution in [0.2, 0.25) is 0 Å². The van der Waals surface area contributed by atoms with Crippen LogP contribution in [0, 0.1) is 0 Å². The molecule has 0 aliphatic heterocycles. The number of hydrazine groups is 1. The molecular formula is C30H29N5O6. The standard InChI is InChI=1S/C30H29N5O6/c1-16(31)27(38)33-17(2)28(39)34-23(15-18-9-4-3-5-10-18)30(41)35(32)29(40)22-14-8-13-21-24(22)26(37)20-12-7-6-11-19(20)25(21)36/h3-14,16-17,23H,15,31-32H2,1-2H3,(H,33,38)(H,34,39)/t16-,17-,23+/m0/s1. The van der Waals surface area contributed by atoms with Crippen LogP contribution in [0.1, 0.15) is 61.6 Å². The average Bonchev–Trinajstić information content (AvgIpc) is 2.98. The number of hydrogen-bond donors (Lipinski definition) is 4. The molecule has 4 amide bonds. The zero-order valence-corrected chi connectivity index (χ0v) is 22.4. The highest BCUT2D eigenvalue weighted by molar-refractivity contribution is 6.31. The van der Waals surface area contributed by atoms with E-state index in [1.54, 1.807) is 42.5 Å². The molecule has 0 bridgehead atoms. The fourth-order valence-corrected chi connectivity index (χ4v) is 4.48. The number of fused-ring (bicyclic) bond motifs is 2. The van der Waals surface area contributed by atoms with Crippen LogP contribution in [0.25, 0.3) is 0 Å². The van der Waals surface area contributed by atoms with Crippen LogP contribution in [0.5, 0.6) is 0 Å². The van der Waals surface area contributed by atoms with Gasteiger partial charge in [0.2, 0.25) is 11.8 Å². The number of carbonyl (C=O) groups excluding carboxylic acids is 6. The minimum Gasteiger partial charge on any atom is -0.343 e. The Bertz CT molecular complexity index is 1550. The largest absolute Gasteiger partial charge is 0.343 e. The predicted octanol–water partition coefficient (Wildman–Crippen LogP) is 0.884. The molecule has 0 saturated heterocycles. The highest BCUT2D eigenvalue weighted by Crippen LogP contribution is 2.30. The van der Waals surface area contributed by atoms with Crippen molar-refractivity contribution in [3.63, 3.8) is 0 Å². The first-order chi connectivity index (χ1) is 19.5. The third-order valence-corrected chi connectivity index (χ3v) is 6.70. The maximum absolute atomic E-state index is 13.6. The first kappa shape index (κ1) is 29.0. The Balaban J connectivity index is 1.63. The van der Waals surface area contributed by atoms with Gasteiger partial charge in [-0.25, -0.2) is 10.9 Å². The van der Waals surface area contributed by atoms with Crippen LogP contribution < -0.4 is 22.2 Å². The summed E-state index contributed by atoms with van der Waals surface area (Å²) in [7, 11) is 0. The molecule has 11 nitrogen and oxygen atoms in total. The lowest BCUT2D eigenvalue weighted by atomic mass is 9.81. The van der Waals surface area contributed by atoms with E-state index < -0.39 is 53.3 Å². The van der Waals surface area contributed by atoms with Crippen LogP contribution in [0.3, 0.4) is 0 Å². The number of benzene rings is 3. The normalized spacial score (nSPS) is 14.1. The molecule has 0 heterocycles.